The molecule has 0 radical (unpaired) electrons. The van der Waals surface area contributed by atoms with E-state index in [-0.39, 0.29) is 11.9 Å². The van der Waals surface area contributed by atoms with Gasteiger partial charge in [0.15, 0.2) is 0 Å². The molecule has 1 atom stereocenters. The fourth-order valence-corrected chi connectivity index (χ4v) is 2.70. The van der Waals surface area contributed by atoms with E-state index in [0.29, 0.717) is 12.2 Å². The lowest BCUT2D eigenvalue weighted by Gasteiger charge is -2.14. The summed E-state index contributed by atoms with van der Waals surface area (Å²) in [5.74, 6) is -0.275. The Kier molecular flexibility index (Phi) is 4.47. The summed E-state index contributed by atoms with van der Waals surface area (Å²) in [5, 5.41) is 12.3. The summed E-state index contributed by atoms with van der Waals surface area (Å²) in [4.78, 5) is 0. The molecular formula is C18H17FN2O. The molecule has 2 aromatic rings. The van der Waals surface area contributed by atoms with Gasteiger partial charge in [0.1, 0.15) is 5.82 Å². The number of hydrogen-bond acceptors (Lipinski definition) is 3. The maximum atomic E-state index is 13.6. The van der Waals surface area contributed by atoms with Crippen LogP contribution in [-0.2, 0) is 11.3 Å². The number of halogens is 1. The topological polar surface area (TPSA) is 45.0 Å². The van der Waals surface area contributed by atoms with Crippen molar-refractivity contribution in [2.75, 3.05) is 13.1 Å². The van der Waals surface area contributed by atoms with Crippen LogP contribution in [-0.4, -0.2) is 19.2 Å². The summed E-state index contributed by atoms with van der Waals surface area (Å²) in [5.41, 5.74) is 3.21. The van der Waals surface area contributed by atoms with Gasteiger partial charge in [-0.3, -0.25) is 0 Å². The van der Waals surface area contributed by atoms with Crippen LogP contribution in [0, 0.1) is 17.1 Å². The molecular weight excluding hydrogens is 279 g/mol. The first kappa shape index (κ1) is 14.7. The Balaban J connectivity index is 1.87. The van der Waals surface area contributed by atoms with Crippen molar-refractivity contribution in [1.82, 2.24) is 5.32 Å². The normalized spacial score (nSPS) is 17.4. The zero-order valence-electron chi connectivity index (χ0n) is 12.2. The summed E-state index contributed by atoms with van der Waals surface area (Å²) in [6.07, 6.45) is 1.16. The first-order valence-corrected chi connectivity index (χ1v) is 7.37. The molecule has 112 valence electrons. The van der Waals surface area contributed by atoms with Crippen LogP contribution in [0.5, 0.6) is 0 Å². The molecule has 1 N–H and O–H groups in total. The fourth-order valence-electron chi connectivity index (χ4n) is 2.70. The van der Waals surface area contributed by atoms with Gasteiger partial charge in [-0.2, -0.15) is 5.26 Å². The average molecular weight is 296 g/mol. The minimum Gasteiger partial charge on any atom is -0.372 e. The van der Waals surface area contributed by atoms with Crippen LogP contribution in [0.25, 0.3) is 11.1 Å². The number of ether oxygens (including phenoxy) is 1. The smallest absolute Gasteiger partial charge is 0.123 e. The van der Waals surface area contributed by atoms with Gasteiger partial charge in [-0.25, -0.2) is 4.39 Å². The van der Waals surface area contributed by atoms with E-state index in [2.05, 4.69) is 11.4 Å². The lowest BCUT2D eigenvalue weighted by molar-refractivity contribution is 0.0543. The Morgan fingerprint density at radius 2 is 2.18 bits per heavy atom. The molecule has 0 aliphatic carbocycles. The lowest BCUT2D eigenvalue weighted by Crippen LogP contribution is -2.16. The number of hydrogen-bond donors (Lipinski definition) is 1. The molecule has 0 aromatic heterocycles. The second-order valence-corrected chi connectivity index (χ2v) is 5.42. The predicted molar refractivity (Wildman–Crippen MR) is 82.6 cm³/mol. The summed E-state index contributed by atoms with van der Waals surface area (Å²) < 4.78 is 19.5. The largest absolute Gasteiger partial charge is 0.372 e. The quantitative estimate of drug-likeness (QED) is 0.942. The van der Waals surface area contributed by atoms with Crippen molar-refractivity contribution in [1.29, 1.82) is 5.26 Å². The molecule has 0 saturated carbocycles. The van der Waals surface area contributed by atoms with Gasteiger partial charge in [0.2, 0.25) is 0 Å². The van der Waals surface area contributed by atoms with E-state index in [1.807, 2.05) is 18.2 Å². The number of nitrogens with one attached hydrogen (secondary N) is 1. The van der Waals surface area contributed by atoms with Gasteiger partial charge >= 0.3 is 0 Å². The van der Waals surface area contributed by atoms with Crippen LogP contribution >= 0.6 is 0 Å². The van der Waals surface area contributed by atoms with Crippen LogP contribution in [0.3, 0.4) is 0 Å². The average Bonchev–Trinajstić information content (AvgIpc) is 3.06. The summed E-state index contributed by atoms with van der Waals surface area (Å²) in [6.45, 7) is 2.18. The van der Waals surface area contributed by atoms with Crippen LogP contribution in [0.1, 0.15) is 17.5 Å². The Labute approximate surface area is 129 Å². The van der Waals surface area contributed by atoms with Crippen molar-refractivity contribution >= 4 is 0 Å². The minimum atomic E-state index is -0.275. The van der Waals surface area contributed by atoms with Crippen molar-refractivity contribution in [2.45, 2.75) is 19.1 Å². The van der Waals surface area contributed by atoms with E-state index in [4.69, 9.17) is 10.00 Å². The van der Waals surface area contributed by atoms with Crippen LogP contribution < -0.4 is 5.32 Å². The summed E-state index contributed by atoms with van der Waals surface area (Å²) >= 11 is 0. The van der Waals surface area contributed by atoms with Gasteiger partial charge in [-0.15, -0.1) is 0 Å². The molecule has 1 saturated heterocycles. The molecule has 1 heterocycles. The second kappa shape index (κ2) is 6.69. The fraction of sp³-hybridized carbons (Fsp3) is 0.278. The van der Waals surface area contributed by atoms with Crippen molar-refractivity contribution in [3.63, 3.8) is 0 Å². The standard InChI is InChI=1S/C18H17FN2O/c19-16-4-5-18(14-3-1-2-13(8-14)10-20)15(9-16)12-22-17-6-7-21-11-17/h1-5,8-9,17,21H,6-7,11-12H2/t17-/m0/s1. The van der Waals surface area contributed by atoms with Crippen LogP contribution in [0.4, 0.5) is 4.39 Å². The van der Waals surface area contributed by atoms with Crippen LogP contribution in [0.15, 0.2) is 42.5 Å². The zero-order chi connectivity index (χ0) is 15.4. The van der Waals surface area contributed by atoms with Crippen LogP contribution in [0.2, 0.25) is 0 Å². The molecule has 3 rings (SSSR count). The Morgan fingerprint density at radius 3 is 2.95 bits per heavy atom. The molecule has 0 amide bonds. The first-order valence-electron chi connectivity index (χ1n) is 7.37. The molecule has 0 spiro atoms. The van der Waals surface area contributed by atoms with E-state index in [0.717, 1.165) is 36.2 Å². The van der Waals surface area contributed by atoms with Gasteiger partial charge in [0.05, 0.1) is 24.3 Å². The lowest BCUT2D eigenvalue weighted by atomic mass is 9.98. The first-order chi connectivity index (χ1) is 10.8. The summed E-state index contributed by atoms with van der Waals surface area (Å²) in [7, 11) is 0. The van der Waals surface area contributed by atoms with Gasteiger partial charge in [-0.1, -0.05) is 18.2 Å². The Bertz CT molecular complexity index is 702. The summed E-state index contributed by atoms with van der Waals surface area (Å²) in [6, 6.07) is 14.2. The van der Waals surface area contributed by atoms with E-state index < -0.39 is 0 Å². The van der Waals surface area contributed by atoms with E-state index in [9.17, 15) is 4.39 Å². The zero-order valence-corrected chi connectivity index (χ0v) is 12.2. The van der Waals surface area contributed by atoms with Crippen molar-refractivity contribution in [3.05, 3.63) is 59.4 Å². The second-order valence-electron chi connectivity index (χ2n) is 5.42. The molecule has 1 aliphatic rings. The molecule has 1 fully saturated rings. The molecule has 0 bridgehead atoms. The third-order valence-corrected chi connectivity index (χ3v) is 3.86. The third kappa shape index (κ3) is 3.33. The third-order valence-electron chi connectivity index (χ3n) is 3.86. The highest BCUT2D eigenvalue weighted by atomic mass is 19.1. The molecule has 0 unspecified atom stereocenters. The minimum absolute atomic E-state index is 0.182. The Hall–Kier alpha value is -2.22. The Morgan fingerprint density at radius 1 is 1.27 bits per heavy atom. The highest BCUT2D eigenvalue weighted by Gasteiger charge is 2.16. The number of nitriles is 1. The molecule has 3 nitrogen and oxygen atoms in total. The molecule has 22 heavy (non-hydrogen) atoms. The number of nitrogens with zero attached hydrogens (tertiary/aromatic N) is 1. The van der Waals surface area contributed by atoms with Crippen molar-refractivity contribution in [2.24, 2.45) is 0 Å². The van der Waals surface area contributed by atoms with Gasteiger partial charge < -0.3 is 10.1 Å². The maximum Gasteiger partial charge on any atom is 0.123 e. The maximum absolute atomic E-state index is 13.6. The SMILES string of the molecule is N#Cc1cccc(-c2ccc(F)cc2CO[C@H]2CCNC2)c1. The van der Waals surface area contributed by atoms with Gasteiger partial charge in [-0.05, 0) is 53.9 Å². The van der Waals surface area contributed by atoms with Gasteiger partial charge in [0, 0.05) is 6.54 Å². The highest BCUT2D eigenvalue weighted by molar-refractivity contribution is 5.68. The highest BCUT2D eigenvalue weighted by Crippen LogP contribution is 2.26. The number of rotatable bonds is 4. The van der Waals surface area contributed by atoms with E-state index in [1.54, 1.807) is 12.1 Å². The van der Waals surface area contributed by atoms with Crippen molar-refractivity contribution < 1.29 is 9.13 Å². The van der Waals surface area contributed by atoms with E-state index in [1.165, 1.54) is 12.1 Å². The van der Waals surface area contributed by atoms with Crippen molar-refractivity contribution in [3.8, 4) is 17.2 Å². The van der Waals surface area contributed by atoms with E-state index >= 15 is 0 Å². The number of benzene rings is 2. The van der Waals surface area contributed by atoms with Gasteiger partial charge in [0.25, 0.3) is 0 Å². The molecule has 2 aromatic carbocycles. The predicted octanol–water partition coefficient (Wildman–Crippen LogP) is 3.24. The monoisotopic (exact) mass is 296 g/mol. The molecule has 1 aliphatic heterocycles. The molecule has 4 heteroatoms.